The minimum atomic E-state index is -4.03. The van der Waals surface area contributed by atoms with E-state index in [2.05, 4.69) is 0 Å². The number of rotatable bonds is 4. The molecule has 1 fully saturated rings. The van der Waals surface area contributed by atoms with Gasteiger partial charge < -0.3 is 10.6 Å². The van der Waals surface area contributed by atoms with Gasteiger partial charge in [-0.1, -0.05) is 0 Å². The molecule has 1 heterocycles. The van der Waals surface area contributed by atoms with Crippen molar-refractivity contribution < 1.29 is 13.2 Å². The molecule has 14 heavy (non-hydrogen) atoms. The van der Waals surface area contributed by atoms with Gasteiger partial charge in [-0.25, -0.2) is 0 Å². The fourth-order valence-corrected chi connectivity index (χ4v) is 1.98. The van der Waals surface area contributed by atoms with Gasteiger partial charge in [0.1, 0.15) is 0 Å². The summed E-state index contributed by atoms with van der Waals surface area (Å²) in [7, 11) is 0. The molecule has 1 aliphatic heterocycles. The second-order valence-electron chi connectivity index (χ2n) is 3.77. The summed E-state index contributed by atoms with van der Waals surface area (Å²) in [5.41, 5.74) is 5.40. The van der Waals surface area contributed by atoms with E-state index in [1.807, 2.05) is 4.90 Å². The van der Waals surface area contributed by atoms with E-state index in [4.69, 9.17) is 5.73 Å². The van der Waals surface area contributed by atoms with Crippen LogP contribution in [0.25, 0.3) is 0 Å². The van der Waals surface area contributed by atoms with Gasteiger partial charge in [0.25, 0.3) is 0 Å². The summed E-state index contributed by atoms with van der Waals surface area (Å²) in [5, 5.41) is 0. The Morgan fingerprint density at radius 2 is 2.07 bits per heavy atom. The normalized spacial score (nSPS) is 24.4. The van der Waals surface area contributed by atoms with Crippen molar-refractivity contribution >= 4 is 0 Å². The SMILES string of the molecule is NCCC1CCCN1CCC(F)(F)F. The van der Waals surface area contributed by atoms with Gasteiger partial charge in [-0.3, -0.25) is 0 Å². The molecule has 1 atom stereocenters. The third-order valence-corrected chi connectivity index (χ3v) is 2.68. The Kier molecular flexibility index (Phi) is 4.19. The van der Waals surface area contributed by atoms with Crippen LogP contribution in [0, 0.1) is 0 Å². The summed E-state index contributed by atoms with van der Waals surface area (Å²) in [6, 6.07) is 0.280. The summed E-state index contributed by atoms with van der Waals surface area (Å²) >= 11 is 0. The van der Waals surface area contributed by atoms with Crippen LogP contribution in [0.4, 0.5) is 13.2 Å². The Hall–Kier alpha value is -0.290. The molecule has 2 N–H and O–H groups in total. The van der Waals surface area contributed by atoms with Crippen LogP contribution in [0.5, 0.6) is 0 Å². The smallest absolute Gasteiger partial charge is 0.330 e. The fraction of sp³-hybridized carbons (Fsp3) is 1.00. The summed E-state index contributed by atoms with van der Waals surface area (Å²) in [4.78, 5) is 1.92. The topological polar surface area (TPSA) is 29.3 Å². The van der Waals surface area contributed by atoms with E-state index < -0.39 is 12.6 Å². The molecule has 0 amide bonds. The Morgan fingerprint density at radius 1 is 1.36 bits per heavy atom. The average molecular weight is 210 g/mol. The van der Waals surface area contributed by atoms with Gasteiger partial charge in [0.15, 0.2) is 0 Å². The number of nitrogens with zero attached hydrogens (tertiary/aromatic N) is 1. The van der Waals surface area contributed by atoms with Crippen molar-refractivity contribution in [2.24, 2.45) is 5.73 Å². The predicted octanol–water partition coefficient (Wildman–Crippen LogP) is 1.75. The quantitative estimate of drug-likeness (QED) is 0.766. The second-order valence-corrected chi connectivity index (χ2v) is 3.77. The number of hydrogen-bond acceptors (Lipinski definition) is 2. The highest BCUT2D eigenvalue weighted by molar-refractivity contribution is 4.79. The first-order valence-electron chi connectivity index (χ1n) is 5.04. The number of halogens is 3. The van der Waals surface area contributed by atoms with Gasteiger partial charge in [-0.2, -0.15) is 13.2 Å². The third-order valence-electron chi connectivity index (χ3n) is 2.68. The lowest BCUT2D eigenvalue weighted by molar-refractivity contribution is -0.138. The predicted molar refractivity (Wildman–Crippen MR) is 48.9 cm³/mol. The van der Waals surface area contributed by atoms with Crippen molar-refractivity contribution in [1.29, 1.82) is 0 Å². The zero-order valence-electron chi connectivity index (χ0n) is 8.19. The molecule has 1 aliphatic rings. The molecule has 2 nitrogen and oxygen atoms in total. The van der Waals surface area contributed by atoms with E-state index in [1.165, 1.54) is 0 Å². The van der Waals surface area contributed by atoms with Crippen LogP contribution in [0.2, 0.25) is 0 Å². The summed E-state index contributed by atoms with van der Waals surface area (Å²) in [6.07, 6.45) is -1.92. The number of nitrogens with two attached hydrogens (primary N) is 1. The van der Waals surface area contributed by atoms with Crippen molar-refractivity contribution in [2.75, 3.05) is 19.6 Å². The molecular formula is C9H17F3N2. The first kappa shape index (κ1) is 11.8. The van der Waals surface area contributed by atoms with Gasteiger partial charge >= 0.3 is 6.18 Å². The molecule has 0 saturated carbocycles. The van der Waals surface area contributed by atoms with E-state index >= 15 is 0 Å². The zero-order valence-corrected chi connectivity index (χ0v) is 8.19. The molecular weight excluding hydrogens is 193 g/mol. The first-order valence-corrected chi connectivity index (χ1v) is 5.04. The average Bonchev–Trinajstić information content (AvgIpc) is 2.48. The highest BCUT2D eigenvalue weighted by Crippen LogP contribution is 2.24. The van der Waals surface area contributed by atoms with Gasteiger partial charge in [0.05, 0.1) is 6.42 Å². The maximum Gasteiger partial charge on any atom is 0.390 e. The van der Waals surface area contributed by atoms with Crippen molar-refractivity contribution in [1.82, 2.24) is 4.90 Å². The third kappa shape index (κ3) is 3.84. The Morgan fingerprint density at radius 3 is 2.64 bits per heavy atom. The lowest BCUT2D eigenvalue weighted by Gasteiger charge is -2.24. The van der Waals surface area contributed by atoms with Crippen LogP contribution < -0.4 is 5.73 Å². The van der Waals surface area contributed by atoms with Crippen LogP contribution >= 0.6 is 0 Å². The van der Waals surface area contributed by atoms with E-state index in [0.717, 1.165) is 25.8 Å². The molecule has 0 aliphatic carbocycles. The van der Waals surface area contributed by atoms with Gasteiger partial charge in [0, 0.05) is 12.6 Å². The number of alkyl halides is 3. The maximum atomic E-state index is 12.0. The molecule has 84 valence electrons. The largest absolute Gasteiger partial charge is 0.390 e. The number of hydrogen-bond donors (Lipinski definition) is 1. The van der Waals surface area contributed by atoms with Crippen LogP contribution in [0.15, 0.2) is 0 Å². The highest BCUT2D eigenvalue weighted by atomic mass is 19.4. The minimum absolute atomic E-state index is 0.133. The summed E-state index contributed by atoms with van der Waals surface area (Å²) < 4.78 is 35.9. The number of likely N-dealkylation sites (tertiary alicyclic amines) is 1. The Labute approximate surface area is 82.2 Å². The van der Waals surface area contributed by atoms with E-state index in [9.17, 15) is 13.2 Å². The molecule has 0 aromatic rings. The molecule has 1 rings (SSSR count). The molecule has 1 saturated heterocycles. The zero-order chi connectivity index (χ0) is 10.6. The van der Waals surface area contributed by atoms with Gasteiger partial charge in [0.2, 0.25) is 0 Å². The Bertz CT molecular complexity index is 170. The molecule has 0 spiro atoms. The molecule has 5 heteroatoms. The molecule has 0 aromatic carbocycles. The van der Waals surface area contributed by atoms with Crippen LogP contribution in [-0.4, -0.2) is 36.8 Å². The fourth-order valence-electron chi connectivity index (χ4n) is 1.98. The molecule has 0 bridgehead atoms. The van der Waals surface area contributed by atoms with Gasteiger partial charge in [-0.05, 0) is 32.4 Å². The van der Waals surface area contributed by atoms with Gasteiger partial charge in [-0.15, -0.1) is 0 Å². The second kappa shape index (κ2) is 4.98. The van der Waals surface area contributed by atoms with E-state index in [1.54, 1.807) is 0 Å². The molecule has 0 radical (unpaired) electrons. The van der Waals surface area contributed by atoms with Crippen molar-refractivity contribution in [3.63, 3.8) is 0 Å². The lowest BCUT2D eigenvalue weighted by Crippen LogP contribution is -2.34. The summed E-state index contributed by atoms with van der Waals surface area (Å²) in [6.45, 7) is 1.49. The van der Waals surface area contributed by atoms with E-state index in [-0.39, 0.29) is 12.6 Å². The molecule has 1 unspecified atom stereocenters. The summed E-state index contributed by atoms with van der Waals surface area (Å²) in [5.74, 6) is 0. The van der Waals surface area contributed by atoms with Crippen LogP contribution in [-0.2, 0) is 0 Å². The van der Waals surface area contributed by atoms with Crippen LogP contribution in [0.3, 0.4) is 0 Å². The van der Waals surface area contributed by atoms with Crippen LogP contribution in [0.1, 0.15) is 25.7 Å². The van der Waals surface area contributed by atoms with E-state index in [0.29, 0.717) is 6.54 Å². The molecule has 0 aromatic heterocycles. The first-order chi connectivity index (χ1) is 6.53. The monoisotopic (exact) mass is 210 g/mol. The highest BCUT2D eigenvalue weighted by Gasteiger charge is 2.31. The van der Waals surface area contributed by atoms with Crippen molar-refractivity contribution in [2.45, 2.75) is 37.9 Å². The standard InChI is InChI=1S/C9H17F3N2/c10-9(11,12)4-7-14-6-1-2-8(14)3-5-13/h8H,1-7,13H2. The van der Waals surface area contributed by atoms with Crippen molar-refractivity contribution in [3.05, 3.63) is 0 Å². The lowest BCUT2D eigenvalue weighted by atomic mass is 10.1. The maximum absolute atomic E-state index is 12.0. The minimum Gasteiger partial charge on any atom is -0.330 e. The Balaban J connectivity index is 2.29. The van der Waals surface area contributed by atoms with Crippen molar-refractivity contribution in [3.8, 4) is 0 Å².